The Labute approximate surface area is 182 Å². The second-order valence-corrected chi connectivity index (χ2v) is 7.22. The molecule has 0 aliphatic carbocycles. The summed E-state index contributed by atoms with van der Waals surface area (Å²) >= 11 is 0. The molecule has 0 spiro atoms. The van der Waals surface area contributed by atoms with E-state index in [4.69, 9.17) is 4.74 Å². The van der Waals surface area contributed by atoms with Crippen molar-refractivity contribution in [3.05, 3.63) is 78.4 Å². The van der Waals surface area contributed by atoms with E-state index >= 15 is 0 Å². The maximum Gasteiger partial charge on any atom is 0.254 e. The van der Waals surface area contributed by atoms with Gasteiger partial charge in [-0.15, -0.1) is 0 Å². The average Bonchev–Trinajstić information content (AvgIpc) is 3.28. The lowest BCUT2D eigenvalue weighted by Gasteiger charge is -2.23. The van der Waals surface area contributed by atoms with Crippen molar-refractivity contribution in [3.8, 4) is 5.75 Å². The Balaban J connectivity index is 1.71. The van der Waals surface area contributed by atoms with Crippen LogP contribution in [0.1, 0.15) is 36.2 Å². The summed E-state index contributed by atoms with van der Waals surface area (Å²) in [7, 11) is 0. The fourth-order valence-electron chi connectivity index (χ4n) is 3.28. The van der Waals surface area contributed by atoms with E-state index in [2.05, 4.69) is 10.3 Å². The van der Waals surface area contributed by atoms with Gasteiger partial charge < -0.3 is 19.5 Å². The molecular formula is C24H28N4O3. The van der Waals surface area contributed by atoms with E-state index < -0.39 is 0 Å². The van der Waals surface area contributed by atoms with Crippen LogP contribution in [0.2, 0.25) is 0 Å². The zero-order chi connectivity index (χ0) is 22.1. The highest BCUT2D eigenvalue weighted by Crippen LogP contribution is 2.17. The molecule has 0 aliphatic rings. The van der Waals surface area contributed by atoms with E-state index in [1.54, 1.807) is 36.8 Å². The zero-order valence-corrected chi connectivity index (χ0v) is 18.0. The van der Waals surface area contributed by atoms with Crippen molar-refractivity contribution in [2.45, 2.75) is 33.4 Å². The molecule has 162 valence electrons. The maximum absolute atomic E-state index is 13.2. The van der Waals surface area contributed by atoms with Crippen LogP contribution in [0, 0.1) is 0 Å². The Morgan fingerprint density at radius 1 is 1.10 bits per heavy atom. The minimum Gasteiger partial charge on any atom is -0.494 e. The number of hydrogen-bond acceptors (Lipinski definition) is 4. The molecule has 0 fully saturated rings. The van der Waals surface area contributed by atoms with Crippen LogP contribution in [0.4, 0.5) is 5.69 Å². The van der Waals surface area contributed by atoms with E-state index in [1.807, 2.05) is 46.9 Å². The standard InChI is InChI=1S/C24H28N4O3/c1-3-31-23-11-5-20(6-12-23)17-28(15-4-14-27-16-13-25-18-27)24(30)21-7-9-22(10-8-21)26-19(2)29/h5-13,16,18H,3-4,14-15,17H2,1-2H3,(H,26,29). The number of anilines is 1. The summed E-state index contributed by atoms with van der Waals surface area (Å²) in [5, 5.41) is 2.72. The summed E-state index contributed by atoms with van der Waals surface area (Å²) in [6, 6.07) is 14.8. The third-order valence-electron chi connectivity index (χ3n) is 4.75. The van der Waals surface area contributed by atoms with Crippen molar-refractivity contribution in [1.82, 2.24) is 14.5 Å². The summed E-state index contributed by atoms with van der Waals surface area (Å²) < 4.78 is 7.51. The van der Waals surface area contributed by atoms with Gasteiger partial charge in [0, 0.05) is 50.2 Å². The largest absolute Gasteiger partial charge is 0.494 e. The first-order valence-corrected chi connectivity index (χ1v) is 10.4. The smallest absolute Gasteiger partial charge is 0.254 e. The fraction of sp³-hybridized carbons (Fsp3) is 0.292. The van der Waals surface area contributed by atoms with E-state index in [1.165, 1.54) is 6.92 Å². The van der Waals surface area contributed by atoms with E-state index in [0.717, 1.165) is 24.3 Å². The molecule has 3 rings (SSSR count). The topological polar surface area (TPSA) is 76.5 Å². The number of aryl methyl sites for hydroxylation is 1. The number of hydrogen-bond donors (Lipinski definition) is 1. The third-order valence-corrected chi connectivity index (χ3v) is 4.75. The second-order valence-electron chi connectivity index (χ2n) is 7.22. The summed E-state index contributed by atoms with van der Waals surface area (Å²) in [5.74, 6) is 0.627. The van der Waals surface area contributed by atoms with Crippen LogP contribution in [-0.2, 0) is 17.9 Å². The summed E-state index contributed by atoms with van der Waals surface area (Å²) in [6.45, 7) is 5.92. The highest BCUT2D eigenvalue weighted by molar-refractivity contribution is 5.95. The monoisotopic (exact) mass is 420 g/mol. The van der Waals surface area contributed by atoms with E-state index in [9.17, 15) is 9.59 Å². The number of aromatic nitrogens is 2. The maximum atomic E-state index is 13.2. The van der Waals surface area contributed by atoms with Crippen LogP contribution in [0.25, 0.3) is 0 Å². The Bertz CT molecular complexity index is 967. The van der Waals surface area contributed by atoms with Crippen molar-refractivity contribution in [3.63, 3.8) is 0 Å². The van der Waals surface area contributed by atoms with Gasteiger partial charge in [-0.25, -0.2) is 4.98 Å². The first-order chi connectivity index (χ1) is 15.0. The van der Waals surface area contributed by atoms with Gasteiger partial charge in [-0.2, -0.15) is 0 Å². The molecule has 0 atom stereocenters. The van der Waals surface area contributed by atoms with Gasteiger partial charge in [0.05, 0.1) is 12.9 Å². The first-order valence-electron chi connectivity index (χ1n) is 10.4. The molecule has 7 nitrogen and oxygen atoms in total. The molecule has 0 bridgehead atoms. The van der Waals surface area contributed by atoms with E-state index in [-0.39, 0.29) is 11.8 Å². The molecule has 0 radical (unpaired) electrons. The molecule has 0 unspecified atom stereocenters. The first kappa shape index (κ1) is 22.1. The minimum absolute atomic E-state index is 0.0473. The number of nitrogens with zero attached hydrogens (tertiary/aromatic N) is 3. The van der Waals surface area contributed by atoms with Gasteiger partial charge in [-0.1, -0.05) is 12.1 Å². The van der Waals surface area contributed by atoms with Crippen LogP contribution < -0.4 is 10.1 Å². The Morgan fingerprint density at radius 3 is 2.45 bits per heavy atom. The molecule has 31 heavy (non-hydrogen) atoms. The van der Waals surface area contributed by atoms with Gasteiger partial charge >= 0.3 is 0 Å². The third kappa shape index (κ3) is 6.70. The fourth-order valence-corrected chi connectivity index (χ4v) is 3.28. The highest BCUT2D eigenvalue weighted by atomic mass is 16.5. The number of carbonyl (C=O) groups excluding carboxylic acids is 2. The van der Waals surface area contributed by atoms with Gasteiger partial charge in [-0.3, -0.25) is 9.59 Å². The van der Waals surface area contributed by atoms with Crippen LogP contribution in [0.5, 0.6) is 5.75 Å². The van der Waals surface area contributed by atoms with Crippen molar-refractivity contribution in [1.29, 1.82) is 0 Å². The number of benzene rings is 2. The Kier molecular flexibility index (Phi) is 7.81. The Hall–Kier alpha value is -3.61. The second kappa shape index (κ2) is 11.0. The van der Waals surface area contributed by atoms with Gasteiger partial charge in [-0.05, 0) is 55.3 Å². The lowest BCUT2D eigenvalue weighted by Crippen LogP contribution is -2.32. The van der Waals surface area contributed by atoms with Gasteiger partial charge in [0.2, 0.25) is 5.91 Å². The molecule has 1 aromatic heterocycles. The molecule has 0 aliphatic heterocycles. The normalized spacial score (nSPS) is 10.5. The Morgan fingerprint density at radius 2 is 1.84 bits per heavy atom. The number of amides is 2. The van der Waals surface area contributed by atoms with Crippen LogP contribution in [-0.4, -0.2) is 39.4 Å². The molecule has 1 N–H and O–H groups in total. The predicted octanol–water partition coefficient (Wildman–Crippen LogP) is 3.97. The van der Waals surface area contributed by atoms with Crippen LogP contribution >= 0.6 is 0 Å². The number of nitrogens with one attached hydrogen (secondary N) is 1. The number of ether oxygens (including phenoxy) is 1. The van der Waals surface area contributed by atoms with Crippen molar-refractivity contribution >= 4 is 17.5 Å². The van der Waals surface area contributed by atoms with Crippen molar-refractivity contribution < 1.29 is 14.3 Å². The molecule has 2 amide bonds. The minimum atomic E-state index is -0.143. The molecule has 3 aromatic rings. The molecular weight excluding hydrogens is 392 g/mol. The molecule has 1 heterocycles. The van der Waals surface area contributed by atoms with Gasteiger partial charge in [0.25, 0.3) is 5.91 Å². The lowest BCUT2D eigenvalue weighted by molar-refractivity contribution is -0.114. The van der Waals surface area contributed by atoms with Crippen LogP contribution in [0.15, 0.2) is 67.3 Å². The SMILES string of the molecule is CCOc1ccc(CN(CCCn2ccnc2)C(=O)c2ccc(NC(C)=O)cc2)cc1. The zero-order valence-electron chi connectivity index (χ0n) is 18.0. The molecule has 7 heteroatoms. The summed E-state index contributed by atoms with van der Waals surface area (Å²) in [6.07, 6.45) is 6.25. The molecule has 0 saturated carbocycles. The quantitative estimate of drug-likeness (QED) is 0.538. The van der Waals surface area contributed by atoms with Gasteiger partial charge in [0.15, 0.2) is 0 Å². The summed E-state index contributed by atoms with van der Waals surface area (Å²) in [5.41, 5.74) is 2.29. The highest BCUT2D eigenvalue weighted by Gasteiger charge is 2.16. The van der Waals surface area contributed by atoms with Crippen LogP contribution in [0.3, 0.4) is 0 Å². The predicted molar refractivity (Wildman–Crippen MR) is 120 cm³/mol. The van der Waals surface area contributed by atoms with Crippen molar-refractivity contribution in [2.75, 3.05) is 18.5 Å². The number of imidazole rings is 1. The van der Waals surface area contributed by atoms with Crippen molar-refractivity contribution in [2.24, 2.45) is 0 Å². The molecule has 2 aromatic carbocycles. The van der Waals surface area contributed by atoms with E-state index in [0.29, 0.717) is 30.9 Å². The average molecular weight is 421 g/mol. The summed E-state index contributed by atoms with van der Waals surface area (Å²) in [4.78, 5) is 30.4. The number of carbonyl (C=O) groups is 2. The van der Waals surface area contributed by atoms with Gasteiger partial charge in [0.1, 0.15) is 5.75 Å². The lowest BCUT2D eigenvalue weighted by atomic mass is 10.1. The molecule has 0 saturated heterocycles. The number of rotatable bonds is 10.